The van der Waals surface area contributed by atoms with Crippen molar-refractivity contribution >= 4 is 0 Å². The van der Waals surface area contributed by atoms with Crippen molar-refractivity contribution in [3.8, 4) is 23.0 Å². The van der Waals surface area contributed by atoms with Crippen LogP contribution < -0.4 is 4.74 Å². The molecule has 4 aromatic rings. The number of fused-ring (bicyclic) bond motifs is 1. The Balaban J connectivity index is 1.52. The third-order valence-electron chi connectivity index (χ3n) is 5.17. The molecule has 0 radical (unpaired) electrons. The lowest BCUT2D eigenvalue weighted by atomic mass is 9.92. The molecule has 4 heterocycles. The summed E-state index contributed by atoms with van der Waals surface area (Å²) in [7, 11) is 0. The second-order valence-electron chi connectivity index (χ2n) is 7.41. The number of rotatable bonds is 4. The summed E-state index contributed by atoms with van der Waals surface area (Å²) in [4.78, 5) is 8.78. The van der Waals surface area contributed by atoms with Crippen molar-refractivity contribution in [2.75, 3.05) is 6.61 Å². The SMILES string of the molecule is CC(C)c1cc(-c2nc(C3CCOc4ccccc43)no2)nn1-c1ccncc1. The van der Waals surface area contributed by atoms with E-state index in [4.69, 9.17) is 14.4 Å². The number of aromatic nitrogens is 5. The minimum atomic E-state index is 0.0595. The zero-order chi connectivity index (χ0) is 19.8. The second-order valence-corrected chi connectivity index (χ2v) is 7.41. The van der Waals surface area contributed by atoms with Crippen LogP contribution in [-0.4, -0.2) is 31.5 Å². The predicted molar refractivity (Wildman–Crippen MR) is 107 cm³/mol. The Morgan fingerprint density at radius 2 is 1.93 bits per heavy atom. The topological polar surface area (TPSA) is 78.9 Å². The molecule has 1 aromatic carbocycles. The van der Waals surface area contributed by atoms with Crippen LogP contribution in [0.3, 0.4) is 0 Å². The monoisotopic (exact) mass is 387 g/mol. The first-order valence-electron chi connectivity index (χ1n) is 9.77. The molecule has 146 valence electrons. The smallest absolute Gasteiger partial charge is 0.278 e. The molecule has 0 saturated carbocycles. The molecule has 5 rings (SSSR count). The van der Waals surface area contributed by atoms with E-state index < -0.39 is 0 Å². The highest BCUT2D eigenvalue weighted by Crippen LogP contribution is 2.37. The largest absolute Gasteiger partial charge is 0.493 e. The molecule has 0 aliphatic carbocycles. The van der Waals surface area contributed by atoms with Crippen LogP contribution in [0.5, 0.6) is 5.75 Å². The molecule has 0 fully saturated rings. The van der Waals surface area contributed by atoms with Gasteiger partial charge in [-0.25, -0.2) is 4.68 Å². The number of para-hydroxylation sites is 1. The molecular formula is C22H21N5O2. The van der Waals surface area contributed by atoms with Crippen molar-refractivity contribution in [2.45, 2.75) is 32.1 Å². The van der Waals surface area contributed by atoms with E-state index in [0.717, 1.165) is 29.1 Å². The summed E-state index contributed by atoms with van der Waals surface area (Å²) in [5.74, 6) is 2.33. The lowest BCUT2D eigenvalue weighted by Gasteiger charge is -2.23. The van der Waals surface area contributed by atoms with E-state index in [0.29, 0.717) is 24.0 Å². The van der Waals surface area contributed by atoms with Crippen molar-refractivity contribution in [2.24, 2.45) is 0 Å². The minimum absolute atomic E-state index is 0.0595. The lowest BCUT2D eigenvalue weighted by Crippen LogP contribution is -2.16. The minimum Gasteiger partial charge on any atom is -0.493 e. The lowest BCUT2D eigenvalue weighted by molar-refractivity contribution is 0.272. The highest BCUT2D eigenvalue weighted by Gasteiger charge is 2.28. The molecule has 1 aliphatic heterocycles. The third-order valence-corrected chi connectivity index (χ3v) is 5.17. The summed E-state index contributed by atoms with van der Waals surface area (Å²) in [5, 5.41) is 9.01. The van der Waals surface area contributed by atoms with E-state index in [1.807, 2.05) is 41.1 Å². The van der Waals surface area contributed by atoms with Crippen LogP contribution in [0.15, 0.2) is 59.4 Å². The first-order valence-corrected chi connectivity index (χ1v) is 9.77. The number of hydrogen-bond donors (Lipinski definition) is 0. The maximum absolute atomic E-state index is 5.75. The number of hydrogen-bond acceptors (Lipinski definition) is 6. The van der Waals surface area contributed by atoms with Crippen LogP contribution in [0, 0.1) is 0 Å². The van der Waals surface area contributed by atoms with Gasteiger partial charge in [-0.2, -0.15) is 10.1 Å². The summed E-state index contributed by atoms with van der Waals surface area (Å²) in [6, 6.07) is 13.9. The van der Waals surface area contributed by atoms with Gasteiger partial charge in [0, 0.05) is 23.7 Å². The van der Waals surface area contributed by atoms with Gasteiger partial charge in [0.25, 0.3) is 5.89 Å². The summed E-state index contributed by atoms with van der Waals surface area (Å²) in [6.45, 7) is 4.91. The Morgan fingerprint density at radius 1 is 1.10 bits per heavy atom. The fourth-order valence-corrected chi connectivity index (χ4v) is 3.69. The average molecular weight is 387 g/mol. The number of ether oxygens (including phenoxy) is 1. The molecule has 0 bridgehead atoms. The Bertz CT molecular complexity index is 1130. The molecule has 0 saturated heterocycles. The maximum Gasteiger partial charge on any atom is 0.278 e. The van der Waals surface area contributed by atoms with Gasteiger partial charge in [0.2, 0.25) is 0 Å². The summed E-state index contributed by atoms with van der Waals surface area (Å²) >= 11 is 0. The van der Waals surface area contributed by atoms with Gasteiger partial charge in [0.15, 0.2) is 11.5 Å². The molecular weight excluding hydrogens is 366 g/mol. The zero-order valence-electron chi connectivity index (χ0n) is 16.3. The van der Waals surface area contributed by atoms with Crippen LogP contribution in [0.2, 0.25) is 0 Å². The Morgan fingerprint density at radius 3 is 2.76 bits per heavy atom. The molecule has 3 aromatic heterocycles. The van der Waals surface area contributed by atoms with Gasteiger partial charge < -0.3 is 9.26 Å². The first-order chi connectivity index (χ1) is 14.2. The fourth-order valence-electron chi connectivity index (χ4n) is 3.69. The van der Waals surface area contributed by atoms with Crippen LogP contribution in [0.1, 0.15) is 49.2 Å². The standard InChI is InChI=1S/C22H21N5O2/c1-14(2)19-13-18(25-27(19)15-7-10-23-11-8-15)22-24-21(26-29-22)17-9-12-28-20-6-4-3-5-16(17)20/h3-8,10-11,13-14,17H,9,12H2,1-2H3. The predicted octanol–water partition coefficient (Wildman–Crippen LogP) is 4.36. The zero-order valence-corrected chi connectivity index (χ0v) is 16.3. The van der Waals surface area contributed by atoms with Gasteiger partial charge in [-0.1, -0.05) is 37.2 Å². The Hall–Kier alpha value is -3.48. The van der Waals surface area contributed by atoms with E-state index in [9.17, 15) is 0 Å². The van der Waals surface area contributed by atoms with Gasteiger partial charge in [-0.05, 0) is 36.6 Å². The second kappa shape index (κ2) is 7.16. The van der Waals surface area contributed by atoms with E-state index in [1.54, 1.807) is 12.4 Å². The van der Waals surface area contributed by atoms with Crippen molar-refractivity contribution in [3.63, 3.8) is 0 Å². The van der Waals surface area contributed by atoms with E-state index in [-0.39, 0.29) is 11.8 Å². The molecule has 7 heteroatoms. The van der Waals surface area contributed by atoms with Crippen molar-refractivity contribution < 1.29 is 9.26 Å². The molecule has 1 unspecified atom stereocenters. The maximum atomic E-state index is 5.75. The highest BCUT2D eigenvalue weighted by molar-refractivity contribution is 5.50. The summed E-state index contributed by atoms with van der Waals surface area (Å²) < 4.78 is 13.3. The van der Waals surface area contributed by atoms with Crippen LogP contribution in [-0.2, 0) is 0 Å². The van der Waals surface area contributed by atoms with Crippen molar-refractivity contribution in [3.05, 3.63) is 71.9 Å². The van der Waals surface area contributed by atoms with Crippen LogP contribution >= 0.6 is 0 Å². The molecule has 0 amide bonds. The molecule has 7 nitrogen and oxygen atoms in total. The molecule has 0 spiro atoms. The van der Waals surface area contributed by atoms with Gasteiger partial charge >= 0.3 is 0 Å². The third kappa shape index (κ3) is 3.18. The van der Waals surface area contributed by atoms with Gasteiger partial charge in [0.1, 0.15) is 5.75 Å². The quantitative estimate of drug-likeness (QED) is 0.518. The molecule has 1 aliphatic rings. The summed E-state index contributed by atoms with van der Waals surface area (Å²) in [5.41, 5.74) is 3.79. The Kier molecular flexibility index (Phi) is 4.35. The van der Waals surface area contributed by atoms with Gasteiger partial charge in [0.05, 0.1) is 18.2 Å². The van der Waals surface area contributed by atoms with E-state index in [2.05, 4.69) is 35.0 Å². The molecule has 0 N–H and O–H groups in total. The van der Waals surface area contributed by atoms with Crippen molar-refractivity contribution in [1.29, 1.82) is 0 Å². The van der Waals surface area contributed by atoms with Gasteiger partial charge in [-0.3, -0.25) is 4.98 Å². The van der Waals surface area contributed by atoms with Crippen LogP contribution in [0.25, 0.3) is 17.3 Å². The number of pyridine rings is 1. The highest BCUT2D eigenvalue weighted by atomic mass is 16.5. The Labute approximate surface area is 168 Å². The van der Waals surface area contributed by atoms with Crippen LogP contribution in [0.4, 0.5) is 0 Å². The normalized spacial score (nSPS) is 15.9. The molecule has 29 heavy (non-hydrogen) atoms. The number of benzene rings is 1. The van der Waals surface area contributed by atoms with Crippen molar-refractivity contribution in [1.82, 2.24) is 24.9 Å². The van der Waals surface area contributed by atoms with E-state index in [1.165, 1.54) is 0 Å². The van der Waals surface area contributed by atoms with E-state index >= 15 is 0 Å². The average Bonchev–Trinajstić information content (AvgIpc) is 3.41. The fraction of sp³-hybridized carbons (Fsp3) is 0.273. The van der Waals surface area contributed by atoms with Gasteiger partial charge in [-0.15, -0.1) is 0 Å². The first kappa shape index (κ1) is 17.6. The molecule has 1 atom stereocenters. The number of nitrogens with zero attached hydrogens (tertiary/aromatic N) is 5. The summed E-state index contributed by atoms with van der Waals surface area (Å²) in [6.07, 6.45) is 4.33.